The third-order valence-electron chi connectivity index (χ3n) is 4.14. The Labute approximate surface area is 171 Å². The zero-order valence-electron chi connectivity index (χ0n) is 16.0. The molecular weight excluding hydrogens is 387 g/mol. The van der Waals surface area contributed by atoms with Gasteiger partial charge in [0.15, 0.2) is 5.60 Å². The highest BCUT2D eigenvalue weighted by molar-refractivity contribution is 7.38. The van der Waals surface area contributed by atoms with Gasteiger partial charge in [0.2, 0.25) is 0 Å². The van der Waals surface area contributed by atoms with Crippen LogP contribution >= 0.6 is 8.60 Å². The lowest BCUT2D eigenvalue weighted by Crippen LogP contribution is -2.35. The number of carbonyl (C=O) groups excluding carboxylic acids is 1. The van der Waals surface area contributed by atoms with Crippen LogP contribution in [0.3, 0.4) is 0 Å². The molecule has 0 fully saturated rings. The number of rotatable bonds is 5. The van der Waals surface area contributed by atoms with Gasteiger partial charge in [-0.3, -0.25) is 0 Å². The number of hydrogen-bond acceptors (Lipinski definition) is 5. The van der Waals surface area contributed by atoms with E-state index in [9.17, 15) is 4.79 Å². The van der Waals surface area contributed by atoms with Crippen LogP contribution in [0.4, 0.5) is 0 Å². The van der Waals surface area contributed by atoms with Crippen molar-refractivity contribution in [1.29, 1.82) is 0 Å². The van der Waals surface area contributed by atoms with Crippen LogP contribution < -0.4 is 0 Å². The summed E-state index contributed by atoms with van der Waals surface area (Å²) >= 11 is 0. The highest BCUT2D eigenvalue weighted by atomic mass is 31.2. The van der Waals surface area contributed by atoms with Gasteiger partial charge in [0.25, 0.3) is 0 Å². The van der Waals surface area contributed by atoms with E-state index in [-0.39, 0.29) is 0 Å². The molecule has 0 atom stereocenters. The van der Waals surface area contributed by atoms with E-state index >= 15 is 0 Å². The van der Waals surface area contributed by atoms with Gasteiger partial charge < -0.3 is 19.4 Å². The number of ether oxygens (including phenoxy) is 1. The van der Waals surface area contributed by atoms with Crippen molar-refractivity contribution in [1.82, 2.24) is 0 Å². The Kier molecular flexibility index (Phi) is 8.25. The largest absolute Gasteiger partial charge is 0.441 e. The van der Waals surface area contributed by atoms with E-state index in [2.05, 4.69) is 6.58 Å². The molecule has 3 rings (SSSR count). The van der Waals surface area contributed by atoms with E-state index in [1.807, 2.05) is 91.0 Å². The standard InChI is InChI=1S/C23H20O2.H3O3P/c1-18(2)22(24)25-23(19-12-6-3-7-13-19,20-14-8-4-9-15-20)21-16-10-5-11-17-21;1-4(2)3/h3-17H,1H2,2H3;1-3H. The molecule has 0 heterocycles. The molecule has 150 valence electrons. The number of carbonyl (C=O) groups is 1. The second kappa shape index (κ2) is 10.6. The Bertz CT molecular complexity index is 812. The minimum absolute atomic E-state index is 0.368. The first-order valence-electron chi connectivity index (χ1n) is 8.80. The molecule has 0 saturated carbocycles. The van der Waals surface area contributed by atoms with Gasteiger partial charge in [0, 0.05) is 22.3 Å². The lowest BCUT2D eigenvalue weighted by molar-refractivity contribution is -0.148. The van der Waals surface area contributed by atoms with Crippen molar-refractivity contribution in [3.8, 4) is 0 Å². The Morgan fingerprint density at radius 2 is 1.03 bits per heavy atom. The Hall–Kier alpha value is -2.82. The fraction of sp³-hybridized carbons (Fsp3) is 0.0870. The van der Waals surface area contributed by atoms with E-state index in [0.29, 0.717) is 5.57 Å². The van der Waals surface area contributed by atoms with Crippen molar-refractivity contribution in [2.45, 2.75) is 12.5 Å². The maximum absolute atomic E-state index is 12.6. The molecule has 29 heavy (non-hydrogen) atoms. The van der Waals surface area contributed by atoms with E-state index in [0.717, 1.165) is 16.7 Å². The van der Waals surface area contributed by atoms with E-state index < -0.39 is 20.2 Å². The van der Waals surface area contributed by atoms with Gasteiger partial charge in [0.1, 0.15) is 0 Å². The van der Waals surface area contributed by atoms with Crippen LogP contribution in [0.15, 0.2) is 103 Å². The molecule has 0 aliphatic rings. The molecule has 0 aromatic heterocycles. The summed E-state index contributed by atoms with van der Waals surface area (Å²) < 4.78 is 6.12. The van der Waals surface area contributed by atoms with Gasteiger partial charge in [-0.25, -0.2) is 4.79 Å². The van der Waals surface area contributed by atoms with Crippen molar-refractivity contribution >= 4 is 14.6 Å². The van der Waals surface area contributed by atoms with Gasteiger partial charge in [-0.1, -0.05) is 97.6 Å². The average molecular weight is 410 g/mol. The van der Waals surface area contributed by atoms with Crippen molar-refractivity contribution in [2.24, 2.45) is 0 Å². The predicted octanol–water partition coefficient (Wildman–Crippen LogP) is 4.29. The summed E-state index contributed by atoms with van der Waals surface area (Å²) in [4.78, 5) is 34.3. The zero-order chi connectivity index (χ0) is 21.3. The van der Waals surface area contributed by atoms with Crippen molar-refractivity contribution in [2.75, 3.05) is 0 Å². The molecule has 3 N–H and O–H groups in total. The van der Waals surface area contributed by atoms with Gasteiger partial charge in [-0.2, -0.15) is 0 Å². The van der Waals surface area contributed by atoms with Crippen LogP contribution in [-0.4, -0.2) is 20.6 Å². The Morgan fingerprint density at radius 3 is 1.28 bits per heavy atom. The summed E-state index contributed by atoms with van der Waals surface area (Å²) in [5.74, 6) is -0.420. The molecular formula is C23H23O5P. The molecule has 0 saturated heterocycles. The Balaban J connectivity index is 0.000000687. The van der Waals surface area contributed by atoms with Crippen LogP contribution in [0.5, 0.6) is 0 Å². The fourth-order valence-electron chi connectivity index (χ4n) is 2.92. The molecule has 0 radical (unpaired) electrons. The summed E-state index contributed by atoms with van der Waals surface area (Å²) in [6.07, 6.45) is 0. The maximum atomic E-state index is 12.6. The molecule has 3 aromatic rings. The van der Waals surface area contributed by atoms with Crippen molar-refractivity contribution < 1.29 is 24.2 Å². The number of benzene rings is 3. The van der Waals surface area contributed by atoms with Crippen LogP contribution in [-0.2, 0) is 15.1 Å². The maximum Gasteiger partial charge on any atom is 0.334 e. The lowest BCUT2D eigenvalue weighted by Gasteiger charge is -2.35. The summed E-state index contributed by atoms with van der Waals surface area (Å²) in [7, 11) is -2.62. The molecule has 0 amide bonds. The first-order chi connectivity index (χ1) is 13.9. The van der Waals surface area contributed by atoms with Crippen LogP contribution in [0, 0.1) is 0 Å². The fourth-order valence-corrected chi connectivity index (χ4v) is 2.92. The monoisotopic (exact) mass is 410 g/mol. The topological polar surface area (TPSA) is 87.0 Å². The molecule has 0 aliphatic carbocycles. The zero-order valence-corrected chi connectivity index (χ0v) is 16.9. The second-order valence-corrected chi connectivity index (χ2v) is 6.75. The average Bonchev–Trinajstić information content (AvgIpc) is 2.73. The summed E-state index contributed by atoms with van der Waals surface area (Å²) in [6, 6.07) is 29.4. The van der Waals surface area contributed by atoms with Gasteiger partial charge in [-0.15, -0.1) is 0 Å². The van der Waals surface area contributed by atoms with Crippen LogP contribution in [0.1, 0.15) is 23.6 Å². The normalized spacial score (nSPS) is 10.7. The summed E-state index contributed by atoms with van der Waals surface area (Å²) in [6.45, 7) is 5.41. The molecule has 0 bridgehead atoms. The van der Waals surface area contributed by atoms with Crippen LogP contribution in [0.25, 0.3) is 0 Å². The molecule has 0 unspecified atom stereocenters. The third-order valence-corrected chi connectivity index (χ3v) is 4.14. The molecule has 6 heteroatoms. The minimum Gasteiger partial charge on any atom is -0.441 e. The SMILES string of the molecule is C=C(C)C(=O)OC(c1ccccc1)(c1ccccc1)c1ccccc1.OP(O)O. The highest BCUT2D eigenvalue weighted by Crippen LogP contribution is 2.40. The smallest absolute Gasteiger partial charge is 0.334 e. The Morgan fingerprint density at radius 1 is 0.759 bits per heavy atom. The molecule has 0 spiro atoms. The number of hydrogen-bond donors (Lipinski definition) is 3. The van der Waals surface area contributed by atoms with E-state index in [1.54, 1.807) is 6.92 Å². The van der Waals surface area contributed by atoms with Gasteiger partial charge in [-0.05, 0) is 6.92 Å². The van der Waals surface area contributed by atoms with Gasteiger partial charge in [0.05, 0.1) is 0 Å². The van der Waals surface area contributed by atoms with Crippen molar-refractivity contribution in [3.05, 3.63) is 120 Å². The molecule has 3 aromatic carbocycles. The van der Waals surface area contributed by atoms with Crippen molar-refractivity contribution in [3.63, 3.8) is 0 Å². The highest BCUT2D eigenvalue weighted by Gasteiger charge is 2.40. The quantitative estimate of drug-likeness (QED) is 0.253. The van der Waals surface area contributed by atoms with E-state index in [1.165, 1.54) is 0 Å². The molecule has 5 nitrogen and oxygen atoms in total. The predicted molar refractivity (Wildman–Crippen MR) is 114 cm³/mol. The first-order valence-corrected chi connectivity index (χ1v) is 10.00. The third kappa shape index (κ3) is 5.83. The lowest BCUT2D eigenvalue weighted by atomic mass is 9.80. The molecule has 0 aliphatic heterocycles. The summed E-state index contributed by atoms with van der Waals surface area (Å²) in [5.41, 5.74) is 2.01. The second-order valence-electron chi connectivity index (χ2n) is 6.22. The van der Waals surface area contributed by atoms with E-state index in [4.69, 9.17) is 19.4 Å². The first kappa shape index (κ1) is 22.5. The number of esters is 1. The summed E-state index contributed by atoms with van der Waals surface area (Å²) in [5, 5.41) is 0. The minimum atomic E-state index is -2.62. The van der Waals surface area contributed by atoms with Crippen LogP contribution in [0.2, 0.25) is 0 Å². The van der Waals surface area contributed by atoms with Gasteiger partial charge >= 0.3 is 14.6 Å².